The Morgan fingerprint density at radius 1 is 1.39 bits per heavy atom. The molecule has 1 unspecified atom stereocenters. The monoisotopic (exact) mass is 285 g/mol. The summed E-state index contributed by atoms with van der Waals surface area (Å²) < 4.78 is 1.02. The van der Waals surface area contributed by atoms with Gasteiger partial charge in [0.05, 0.1) is 12.1 Å². The van der Waals surface area contributed by atoms with Crippen molar-refractivity contribution in [2.45, 2.75) is 48.5 Å². The van der Waals surface area contributed by atoms with Crippen molar-refractivity contribution in [2.24, 2.45) is 5.92 Å². The lowest BCUT2D eigenvalue weighted by Crippen LogP contribution is -2.53. The average molecular weight is 285 g/mol. The van der Waals surface area contributed by atoms with Gasteiger partial charge in [-0.25, -0.2) is 0 Å². The number of aliphatic hydroxyl groups is 1. The summed E-state index contributed by atoms with van der Waals surface area (Å²) in [4.78, 5) is 0. The van der Waals surface area contributed by atoms with Crippen LogP contribution in [0.2, 0.25) is 0 Å². The smallest absolute Gasteiger partial charge is 0.174 e. The molecule has 6 heteroatoms. The van der Waals surface area contributed by atoms with Gasteiger partial charge in [-0.3, -0.25) is 0 Å². The van der Waals surface area contributed by atoms with E-state index >= 15 is 0 Å². The van der Waals surface area contributed by atoms with Crippen molar-refractivity contribution in [2.75, 3.05) is 12.4 Å². The summed E-state index contributed by atoms with van der Waals surface area (Å²) in [7, 11) is 0. The van der Waals surface area contributed by atoms with Crippen molar-refractivity contribution in [3.05, 3.63) is 5.01 Å². The molecule has 3 rings (SSSR count). The number of hydrogen-bond donors (Lipinski definition) is 2. The van der Waals surface area contributed by atoms with Gasteiger partial charge in [0, 0.05) is 11.8 Å². The Bertz CT molecular complexity index is 417. The molecule has 1 aromatic rings. The van der Waals surface area contributed by atoms with E-state index in [4.69, 9.17) is 0 Å². The summed E-state index contributed by atoms with van der Waals surface area (Å²) in [6.45, 7) is 2.21. The first kappa shape index (κ1) is 12.8. The lowest BCUT2D eigenvalue weighted by molar-refractivity contribution is 0.157. The molecule has 0 saturated heterocycles. The highest BCUT2D eigenvalue weighted by molar-refractivity contribution is 8.01. The van der Waals surface area contributed by atoms with E-state index in [-0.39, 0.29) is 12.1 Å². The second kappa shape index (κ2) is 5.07. The zero-order valence-corrected chi connectivity index (χ0v) is 12.2. The van der Waals surface area contributed by atoms with Crippen molar-refractivity contribution in [1.82, 2.24) is 15.5 Å². The molecular formula is C12H19N3OS2. The maximum Gasteiger partial charge on any atom is 0.174 e. The van der Waals surface area contributed by atoms with Gasteiger partial charge in [0.1, 0.15) is 5.01 Å². The molecule has 2 aliphatic rings. The highest BCUT2D eigenvalue weighted by Crippen LogP contribution is 2.44. The number of thioether (sulfide) groups is 1. The van der Waals surface area contributed by atoms with Gasteiger partial charge in [-0.2, -0.15) is 0 Å². The number of hydrogen-bond acceptors (Lipinski definition) is 6. The van der Waals surface area contributed by atoms with Gasteiger partial charge in [0.25, 0.3) is 0 Å². The summed E-state index contributed by atoms with van der Waals surface area (Å²) in [6, 6.07) is 0.634. The first-order chi connectivity index (χ1) is 8.72. The van der Waals surface area contributed by atoms with Crippen LogP contribution >= 0.6 is 23.1 Å². The summed E-state index contributed by atoms with van der Waals surface area (Å²) >= 11 is 3.37. The van der Waals surface area contributed by atoms with Gasteiger partial charge in [0.15, 0.2) is 4.34 Å². The molecule has 0 amide bonds. The van der Waals surface area contributed by atoms with E-state index < -0.39 is 0 Å². The van der Waals surface area contributed by atoms with E-state index in [2.05, 4.69) is 15.5 Å². The van der Waals surface area contributed by atoms with Crippen LogP contribution in [0.15, 0.2) is 4.34 Å². The van der Waals surface area contributed by atoms with Gasteiger partial charge in [-0.05, 0) is 38.5 Å². The number of rotatable bonds is 7. The fourth-order valence-electron chi connectivity index (χ4n) is 2.30. The zero-order valence-electron chi connectivity index (χ0n) is 10.6. The Morgan fingerprint density at radius 2 is 2.17 bits per heavy atom. The number of nitrogens with one attached hydrogen (secondary N) is 1. The molecular weight excluding hydrogens is 266 g/mol. The van der Waals surface area contributed by atoms with Crippen LogP contribution in [-0.2, 0) is 0 Å². The minimum Gasteiger partial charge on any atom is -0.394 e. The van der Waals surface area contributed by atoms with Crippen molar-refractivity contribution in [3.63, 3.8) is 0 Å². The SMILES string of the molecule is Cc1nnc(SCC(CO)(NC2CC2)C2CC2)s1. The fraction of sp³-hybridized carbons (Fsp3) is 0.833. The summed E-state index contributed by atoms with van der Waals surface area (Å²) in [5.41, 5.74) is -0.0919. The van der Waals surface area contributed by atoms with Crippen LogP contribution in [0.25, 0.3) is 0 Å². The molecule has 18 heavy (non-hydrogen) atoms. The largest absolute Gasteiger partial charge is 0.394 e. The molecule has 1 heterocycles. The van der Waals surface area contributed by atoms with Gasteiger partial charge >= 0.3 is 0 Å². The highest BCUT2D eigenvalue weighted by Gasteiger charge is 2.47. The van der Waals surface area contributed by atoms with E-state index in [1.165, 1.54) is 25.7 Å². The molecule has 100 valence electrons. The topological polar surface area (TPSA) is 58.0 Å². The quantitative estimate of drug-likeness (QED) is 0.749. The number of aryl methyl sites for hydroxylation is 1. The third-order valence-corrected chi connectivity index (χ3v) is 5.90. The minimum absolute atomic E-state index is 0.0919. The van der Waals surface area contributed by atoms with Crippen molar-refractivity contribution >= 4 is 23.1 Å². The number of aliphatic hydroxyl groups excluding tert-OH is 1. The van der Waals surface area contributed by atoms with E-state index in [0.29, 0.717) is 12.0 Å². The second-order valence-electron chi connectivity index (χ2n) is 5.38. The van der Waals surface area contributed by atoms with E-state index in [1.54, 1.807) is 23.1 Å². The predicted molar refractivity (Wildman–Crippen MR) is 74.1 cm³/mol. The highest BCUT2D eigenvalue weighted by atomic mass is 32.2. The van der Waals surface area contributed by atoms with Gasteiger partial charge < -0.3 is 10.4 Å². The Balaban J connectivity index is 1.64. The summed E-state index contributed by atoms with van der Waals surface area (Å²) in [5, 5.41) is 22.7. The predicted octanol–water partition coefficient (Wildman–Crippen LogP) is 1.83. The molecule has 1 atom stereocenters. The van der Waals surface area contributed by atoms with Crippen LogP contribution in [0.5, 0.6) is 0 Å². The second-order valence-corrected chi connectivity index (χ2v) is 7.79. The first-order valence-electron chi connectivity index (χ1n) is 6.53. The summed E-state index contributed by atoms with van der Waals surface area (Å²) in [5.74, 6) is 1.55. The molecule has 0 radical (unpaired) electrons. The molecule has 0 spiro atoms. The third kappa shape index (κ3) is 2.87. The Hall–Kier alpha value is -0.170. The first-order valence-corrected chi connectivity index (χ1v) is 8.33. The van der Waals surface area contributed by atoms with Gasteiger partial charge in [-0.15, -0.1) is 10.2 Å². The molecule has 1 aromatic heterocycles. The molecule has 2 saturated carbocycles. The standard InChI is InChI=1S/C12H19N3OS2/c1-8-14-15-11(18-8)17-7-12(6-16,9-2-3-9)13-10-4-5-10/h9-10,13,16H,2-7H2,1H3. The van der Waals surface area contributed by atoms with Crippen molar-refractivity contribution in [1.29, 1.82) is 0 Å². The maximum atomic E-state index is 9.84. The van der Waals surface area contributed by atoms with Crippen LogP contribution in [0.4, 0.5) is 0 Å². The van der Waals surface area contributed by atoms with Crippen molar-refractivity contribution in [3.8, 4) is 0 Å². The lowest BCUT2D eigenvalue weighted by Gasteiger charge is -2.33. The zero-order chi connectivity index (χ0) is 12.6. The lowest BCUT2D eigenvalue weighted by atomic mass is 9.96. The molecule has 0 aromatic carbocycles. The van der Waals surface area contributed by atoms with E-state index in [0.717, 1.165) is 15.1 Å². The molecule has 4 nitrogen and oxygen atoms in total. The fourth-order valence-corrected chi connectivity index (χ4v) is 4.38. The normalized spacial score (nSPS) is 23.0. The average Bonchev–Trinajstić information content (AvgIpc) is 3.25. The molecule has 0 bridgehead atoms. The minimum atomic E-state index is -0.0919. The molecule has 2 N–H and O–H groups in total. The van der Waals surface area contributed by atoms with Gasteiger partial charge in [0.2, 0.25) is 0 Å². The van der Waals surface area contributed by atoms with E-state index in [1.807, 2.05) is 6.92 Å². The number of aromatic nitrogens is 2. The van der Waals surface area contributed by atoms with Crippen LogP contribution < -0.4 is 5.32 Å². The Labute approximate surface area is 116 Å². The molecule has 2 aliphatic carbocycles. The van der Waals surface area contributed by atoms with Crippen LogP contribution in [0.1, 0.15) is 30.7 Å². The maximum absolute atomic E-state index is 9.84. The van der Waals surface area contributed by atoms with Crippen LogP contribution in [-0.4, -0.2) is 39.2 Å². The van der Waals surface area contributed by atoms with Gasteiger partial charge in [-0.1, -0.05) is 23.1 Å². The Morgan fingerprint density at radius 3 is 2.67 bits per heavy atom. The molecule has 2 fully saturated rings. The Kier molecular flexibility index (Phi) is 3.62. The number of nitrogens with zero attached hydrogens (tertiary/aromatic N) is 2. The third-order valence-electron chi connectivity index (χ3n) is 3.67. The van der Waals surface area contributed by atoms with Crippen LogP contribution in [0, 0.1) is 12.8 Å². The van der Waals surface area contributed by atoms with Crippen LogP contribution in [0.3, 0.4) is 0 Å². The molecule has 0 aliphatic heterocycles. The van der Waals surface area contributed by atoms with E-state index in [9.17, 15) is 5.11 Å². The van der Waals surface area contributed by atoms with Crippen molar-refractivity contribution < 1.29 is 5.11 Å². The summed E-state index contributed by atoms with van der Waals surface area (Å²) in [6.07, 6.45) is 5.01.